The summed E-state index contributed by atoms with van der Waals surface area (Å²) in [5, 5.41) is 7.05. The molecule has 3 rings (SSSR count). The molecule has 0 saturated carbocycles. The molecule has 1 N–H and O–H groups in total. The fraction of sp³-hybridized carbons (Fsp3) is 0.550. The highest BCUT2D eigenvalue weighted by Gasteiger charge is 2.30. The standard InChI is InChI=1S/C20H28N4O3/c1-13(2)18-22-20(27-23-18)14(3)24-11-9-15(10-12-24)19(25)21-16-7-5-6-8-17(16)26-4/h5-8,13-15H,9-12H2,1-4H3,(H,21,25). The van der Waals surface area contributed by atoms with Gasteiger partial charge >= 0.3 is 0 Å². The molecule has 1 aromatic heterocycles. The van der Waals surface area contributed by atoms with Crippen molar-refractivity contribution in [1.29, 1.82) is 0 Å². The number of benzene rings is 1. The van der Waals surface area contributed by atoms with Gasteiger partial charge in [-0.25, -0.2) is 0 Å². The van der Waals surface area contributed by atoms with Crippen molar-refractivity contribution in [3.8, 4) is 5.75 Å². The van der Waals surface area contributed by atoms with Crippen molar-refractivity contribution in [1.82, 2.24) is 15.0 Å². The van der Waals surface area contributed by atoms with Crippen LogP contribution in [-0.4, -0.2) is 41.1 Å². The van der Waals surface area contributed by atoms with E-state index in [0.717, 1.165) is 31.8 Å². The number of para-hydroxylation sites is 2. The monoisotopic (exact) mass is 372 g/mol. The minimum Gasteiger partial charge on any atom is -0.495 e. The van der Waals surface area contributed by atoms with E-state index in [0.29, 0.717) is 17.3 Å². The third-order valence-electron chi connectivity index (χ3n) is 5.14. The van der Waals surface area contributed by atoms with Crippen LogP contribution in [0.1, 0.15) is 57.3 Å². The number of amides is 1. The summed E-state index contributed by atoms with van der Waals surface area (Å²) in [6.45, 7) is 7.82. The van der Waals surface area contributed by atoms with Gasteiger partial charge < -0.3 is 14.6 Å². The summed E-state index contributed by atoms with van der Waals surface area (Å²) in [4.78, 5) is 19.4. The first-order valence-electron chi connectivity index (χ1n) is 9.51. The molecule has 1 aromatic carbocycles. The van der Waals surface area contributed by atoms with Gasteiger partial charge in [0.1, 0.15) is 5.75 Å². The summed E-state index contributed by atoms with van der Waals surface area (Å²) < 4.78 is 10.7. The Balaban J connectivity index is 1.55. The highest BCUT2D eigenvalue weighted by molar-refractivity contribution is 5.94. The maximum absolute atomic E-state index is 12.6. The molecule has 1 fully saturated rings. The van der Waals surface area contributed by atoms with Crippen LogP contribution in [0.2, 0.25) is 0 Å². The predicted molar refractivity (Wildman–Crippen MR) is 103 cm³/mol. The summed E-state index contributed by atoms with van der Waals surface area (Å²) in [5.74, 6) is 2.35. The summed E-state index contributed by atoms with van der Waals surface area (Å²) >= 11 is 0. The molecule has 1 aliphatic heterocycles. The Hall–Kier alpha value is -2.41. The lowest BCUT2D eigenvalue weighted by atomic mass is 9.95. The van der Waals surface area contributed by atoms with Crippen molar-refractivity contribution >= 4 is 11.6 Å². The lowest BCUT2D eigenvalue weighted by Gasteiger charge is -2.33. The van der Waals surface area contributed by atoms with Crippen molar-refractivity contribution in [3.05, 3.63) is 36.0 Å². The average Bonchev–Trinajstić information content (AvgIpc) is 3.18. The van der Waals surface area contributed by atoms with Crippen LogP contribution in [0.3, 0.4) is 0 Å². The van der Waals surface area contributed by atoms with Gasteiger partial charge in [-0.15, -0.1) is 0 Å². The molecule has 7 heteroatoms. The van der Waals surface area contributed by atoms with Gasteiger partial charge in [0.2, 0.25) is 11.8 Å². The molecule has 2 heterocycles. The van der Waals surface area contributed by atoms with Gasteiger partial charge in [-0.1, -0.05) is 31.1 Å². The third-order valence-corrected chi connectivity index (χ3v) is 5.14. The molecule has 0 spiro atoms. The number of hydrogen-bond acceptors (Lipinski definition) is 6. The molecular weight excluding hydrogens is 344 g/mol. The fourth-order valence-electron chi connectivity index (χ4n) is 3.34. The SMILES string of the molecule is COc1ccccc1NC(=O)C1CCN(C(C)c2nc(C(C)C)no2)CC1. The third kappa shape index (κ3) is 4.47. The quantitative estimate of drug-likeness (QED) is 0.834. The number of methoxy groups -OCH3 is 1. The molecular formula is C20H28N4O3. The number of carbonyl (C=O) groups is 1. The minimum atomic E-state index is -0.00716. The molecule has 1 amide bonds. The van der Waals surface area contributed by atoms with Crippen LogP contribution in [0.15, 0.2) is 28.8 Å². The van der Waals surface area contributed by atoms with E-state index in [-0.39, 0.29) is 23.8 Å². The molecule has 27 heavy (non-hydrogen) atoms. The Morgan fingerprint density at radius 2 is 1.96 bits per heavy atom. The Morgan fingerprint density at radius 3 is 2.59 bits per heavy atom. The van der Waals surface area contributed by atoms with E-state index < -0.39 is 0 Å². The Morgan fingerprint density at radius 1 is 1.26 bits per heavy atom. The van der Waals surface area contributed by atoms with Gasteiger partial charge in [-0.3, -0.25) is 9.69 Å². The lowest BCUT2D eigenvalue weighted by Crippen LogP contribution is -2.39. The first kappa shape index (κ1) is 19.4. The number of hydrogen-bond donors (Lipinski definition) is 1. The van der Waals surface area contributed by atoms with Crippen molar-refractivity contribution in [2.24, 2.45) is 5.92 Å². The second kappa shape index (κ2) is 8.52. The summed E-state index contributed by atoms with van der Waals surface area (Å²) in [6.07, 6.45) is 1.60. The van der Waals surface area contributed by atoms with Gasteiger partial charge in [0.25, 0.3) is 0 Å². The van der Waals surface area contributed by atoms with E-state index in [9.17, 15) is 4.79 Å². The zero-order valence-corrected chi connectivity index (χ0v) is 16.4. The molecule has 1 aliphatic rings. The number of ether oxygens (including phenoxy) is 1. The molecule has 0 bridgehead atoms. The lowest BCUT2D eigenvalue weighted by molar-refractivity contribution is -0.121. The van der Waals surface area contributed by atoms with Crippen LogP contribution in [0.4, 0.5) is 5.69 Å². The van der Waals surface area contributed by atoms with Gasteiger partial charge in [-0.2, -0.15) is 4.98 Å². The molecule has 146 valence electrons. The van der Waals surface area contributed by atoms with Crippen LogP contribution in [0, 0.1) is 5.92 Å². The average molecular weight is 372 g/mol. The van der Waals surface area contributed by atoms with Gasteiger partial charge in [0.05, 0.1) is 18.8 Å². The van der Waals surface area contributed by atoms with Crippen LogP contribution >= 0.6 is 0 Å². The van der Waals surface area contributed by atoms with Crippen LogP contribution in [0.25, 0.3) is 0 Å². The number of carbonyl (C=O) groups excluding carboxylic acids is 1. The summed E-state index contributed by atoms with van der Waals surface area (Å²) in [5.41, 5.74) is 0.716. The molecule has 1 unspecified atom stereocenters. The van der Waals surface area contributed by atoms with E-state index in [1.54, 1.807) is 7.11 Å². The number of nitrogens with zero attached hydrogens (tertiary/aromatic N) is 3. The topological polar surface area (TPSA) is 80.5 Å². The van der Waals surface area contributed by atoms with E-state index in [2.05, 4.69) is 27.3 Å². The number of nitrogens with one attached hydrogen (secondary N) is 1. The van der Waals surface area contributed by atoms with Crippen LogP contribution in [-0.2, 0) is 4.79 Å². The Kier molecular flexibility index (Phi) is 6.11. The van der Waals surface area contributed by atoms with Crippen LogP contribution in [0.5, 0.6) is 5.75 Å². The highest BCUT2D eigenvalue weighted by atomic mass is 16.5. The van der Waals surface area contributed by atoms with Crippen molar-refractivity contribution in [2.75, 3.05) is 25.5 Å². The predicted octanol–water partition coefficient (Wildman–Crippen LogP) is 3.61. The first-order valence-corrected chi connectivity index (χ1v) is 9.51. The Bertz CT molecular complexity index is 766. The van der Waals surface area contributed by atoms with Gasteiger partial charge in [0.15, 0.2) is 5.82 Å². The van der Waals surface area contributed by atoms with Crippen molar-refractivity contribution in [2.45, 2.75) is 45.6 Å². The van der Waals surface area contributed by atoms with Gasteiger partial charge in [0, 0.05) is 11.8 Å². The molecule has 7 nitrogen and oxygen atoms in total. The number of likely N-dealkylation sites (tertiary alicyclic amines) is 1. The smallest absolute Gasteiger partial charge is 0.243 e. The van der Waals surface area contributed by atoms with Crippen molar-refractivity contribution in [3.63, 3.8) is 0 Å². The number of anilines is 1. The van der Waals surface area contributed by atoms with Crippen molar-refractivity contribution < 1.29 is 14.1 Å². The maximum Gasteiger partial charge on any atom is 0.243 e. The number of piperidine rings is 1. The van der Waals surface area contributed by atoms with E-state index in [4.69, 9.17) is 9.26 Å². The Labute approximate surface area is 160 Å². The second-order valence-corrected chi connectivity index (χ2v) is 7.32. The number of aromatic nitrogens is 2. The molecule has 2 aromatic rings. The molecule has 0 aliphatic carbocycles. The largest absolute Gasteiger partial charge is 0.495 e. The fourth-order valence-corrected chi connectivity index (χ4v) is 3.34. The maximum atomic E-state index is 12.6. The minimum absolute atomic E-state index is 0.00716. The van der Waals surface area contributed by atoms with E-state index in [1.807, 2.05) is 38.1 Å². The normalized spacial score (nSPS) is 17.1. The van der Waals surface area contributed by atoms with Crippen LogP contribution < -0.4 is 10.1 Å². The molecule has 1 saturated heterocycles. The number of rotatable bonds is 6. The first-order chi connectivity index (χ1) is 13.0. The zero-order chi connectivity index (χ0) is 19.4. The second-order valence-electron chi connectivity index (χ2n) is 7.32. The zero-order valence-electron chi connectivity index (χ0n) is 16.4. The molecule has 1 atom stereocenters. The summed E-state index contributed by atoms with van der Waals surface area (Å²) in [6, 6.07) is 7.53. The van der Waals surface area contributed by atoms with Gasteiger partial charge in [-0.05, 0) is 45.0 Å². The summed E-state index contributed by atoms with van der Waals surface area (Å²) in [7, 11) is 1.60. The van der Waals surface area contributed by atoms with E-state index >= 15 is 0 Å². The molecule has 0 radical (unpaired) electrons. The highest BCUT2D eigenvalue weighted by Crippen LogP contribution is 2.29. The van der Waals surface area contributed by atoms with E-state index in [1.165, 1.54) is 0 Å².